The van der Waals surface area contributed by atoms with Crippen molar-refractivity contribution in [3.8, 4) is 11.5 Å². The summed E-state index contributed by atoms with van der Waals surface area (Å²) in [5.41, 5.74) is 6.16. The molecule has 2 aliphatic rings. The molecule has 0 spiro atoms. The number of benzene rings is 1. The zero-order chi connectivity index (χ0) is 12.7. The monoisotopic (exact) mass is 248 g/mol. The Morgan fingerprint density at radius 2 is 2.00 bits per heavy atom. The lowest BCUT2D eigenvalue weighted by Gasteiger charge is -2.28. The third kappa shape index (κ3) is 1.62. The molecule has 2 heterocycles. The quantitative estimate of drug-likeness (QED) is 0.727. The highest BCUT2D eigenvalue weighted by Crippen LogP contribution is 2.36. The molecule has 2 N–H and O–H groups in total. The fourth-order valence-corrected chi connectivity index (χ4v) is 2.10. The van der Waals surface area contributed by atoms with Crippen LogP contribution in [0.2, 0.25) is 0 Å². The van der Waals surface area contributed by atoms with E-state index >= 15 is 0 Å². The topological polar surface area (TPSA) is 81.9 Å². The lowest BCUT2D eigenvalue weighted by atomic mass is 10.0. The Bertz CT molecular complexity index is 529. The summed E-state index contributed by atoms with van der Waals surface area (Å²) >= 11 is 0. The van der Waals surface area contributed by atoms with Gasteiger partial charge in [-0.2, -0.15) is 0 Å². The van der Waals surface area contributed by atoms with Crippen molar-refractivity contribution in [2.24, 2.45) is 5.73 Å². The van der Waals surface area contributed by atoms with E-state index in [1.807, 2.05) is 0 Å². The highest BCUT2D eigenvalue weighted by atomic mass is 16.7. The van der Waals surface area contributed by atoms with E-state index in [0.717, 1.165) is 4.90 Å². The summed E-state index contributed by atoms with van der Waals surface area (Å²) in [7, 11) is 0. The molecular formula is C12H12N2O4. The molecule has 0 saturated carbocycles. The van der Waals surface area contributed by atoms with Gasteiger partial charge >= 0.3 is 0 Å². The van der Waals surface area contributed by atoms with Gasteiger partial charge in [0, 0.05) is 12.5 Å². The Kier molecular flexibility index (Phi) is 2.45. The number of carbonyl (C=O) groups is 2. The lowest BCUT2D eigenvalue weighted by Crippen LogP contribution is -2.51. The number of amides is 2. The van der Waals surface area contributed by atoms with Crippen LogP contribution in [-0.2, 0) is 9.59 Å². The molecule has 1 aromatic rings. The average molecular weight is 248 g/mol. The summed E-state index contributed by atoms with van der Waals surface area (Å²) in [6.45, 7) is 0.153. The summed E-state index contributed by atoms with van der Waals surface area (Å²) in [4.78, 5) is 24.9. The average Bonchev–Trinajstić information content (AvgIpc) is 2.82. The van der Waals surface area contributed by atoms with Crippen LogP contribution < -0.4 is 20.1 Å². The standard InChI is InChI=1S/C12H12N2O4/c13-8-2-4-11(15)14(12(8)16)7-1-3-9-10(5-7)18-6-17-9/h1,3,5,8H,2,4,6,13H2/t8-/m0/s1. The predicted molar refractivity (Wildman–Crippen MR) is 62.3 cm³/mol. The first-order valence-electron chi connectivity index (χ1n) is 5.69. The lowest BCUT2D eigenvalue weighted by molar-refractivity contribution is -0.130. The molecule has 1 aromatic carbocycles. The van der Waals surface area contributed by atoms with Gasteiger partial charge in [0.05, 0.1) is 11.7 Å². The second kappa shape index (κ2) is 3.99. The number of anilines is 1. The Labute approximate surface area is 103 Å². The van der Waals surface area contributed by atoms with Crippen LogP contribution in [0.5, 0.6) is 11.5 Å². The third-order valence-corrected chi connectivity index (χ3v) is 3.07. The van der Waals surface area contributed by atoms with E-state index in [4.69, 9.17) is 15.2 Å². The molecule has 3 rings (SSSR count). The zero-order valence-electron chi connectivity index (χ0n) is 9.59. The number of ether oxygens (including phenoxy) is 2. The second-order valence-electron chi connectivity index (χ2n) is 4.25. The van der Waals surface area contributed by atoms with Gasteiger partial charge in [0.2, 0.25) is 12.7 Å². The van der Waals surface area contributed by atoms with E-state index in [0.29, 0.717) is 23.6 Å². The Balaban J connectivity index is 1.98. The zero-order valence-corrected chi connectivity index (χ0v) is 9.59. The number of imide groups is 1. The SMILES string of the molecule is N[C@H]1CCC(=O)N(c2ccc3c(c2)OCO3)C1=O. The van der Waals surface area contributed by atoms with Crippen LogP contribution in [-0.4, -0.2) is 24.6 Å². The second-order valence-corrected chi connectivity index (χ2v) is 4.25. The fourth-order valence-electron chi connectivity index (χ4n) is 2.10. The molecular weight excluding hydrogens is 236 g/mol. The molecule has 0 aromatic heterocycles. The van der Waals surface area contributed by atoms with E-state index in [-0.39, 0.29) is 25.0 Å². The number of hydrogen-bond acceptors (Lipinski definition) is 5. The molecule has 6 heteroatoms. The minimum absolute atomic E-state index is 0.153. The fraction of sp³-hybridized carbons (Fsp3) is 0.333. The minimum atomic E-state index is -0.617. The van der Waals surface area contributed by atoms with E-state index in [1.54, 1.807) is 18.2 Å². The summed E-state index contributed by atoms with van der Waals surface area (Å²) in [5.74, 6) is 0.540. The van der Waals surface area contributed by atoms with Gasteiger partial charge in [0.15, 0.2) is 11.5 Å². The van der Waals surface area contributed by atoms with Crippen LogP contribution in [0.4, 0.5) is 5.69 Å². The van der Waals surface area contributed by atoms with Gasteiger partial charge < -0.3 is 15.2 Å². The number of fused-ring (bicyclic) bond motifs is 1. The van der Waals surface area contributed by atoms with Gasteiger partial charge in [-0.25, -0.2) is 4.90 Å². The van der Waals surface area contributed by atoms with Crippen molar-refractivity contribution < 1.29 is 19.1 Å². The van der Waals surface area contributed by atoms with Gasteiger partial charge in [-0.1, -0.05) is 0 Å². The third-order valence-electron chi connectivity index (χ3n) is 3.07. The van der Waals surface area contributed by atoms with E-state index in [1.165, 1.54) is 0 Å². The highest BCUT2D eigenvalue weighted by molar-refractivity contribution is 6.18. The first-order chi connectivity index (χ1) is 8.66. The van der Waals surface area contributed by atoms with Crippen molar-refractivity contribution in [1.29, 1.82) is 0 Å². The van der Waals surface area contributed by atoms with Crippen molar-refractivity contribution >= 4 is 17.5 Å². The molecule has 0 bridgehead atoms. The maximum atomic E-state index is 11.9. The van der Waals surface area contributed by atoms with E-state index < -0.39 is 6.04 Å². The van der Waals surface area contributed by atoms with Crippen LogP contribution in [0.3, 0.4) is 0 Å². The van der Waals surface area contributed by atoms with Gasteiger partial charge in [-0.15, -0.1) is 0 Å². The maximum absolute atomic E-state index is 11.9. The van der Waals surface area contributed by atoms with Gasteiger partial charge in [0.1, 0.15) is 0 Å². The van der Waals surface area contributed by atoms with Crippen molar-refractivity contribution in [3.05, 3.63) is 18.2 Å². The maximum Gasteiger partial charge on any atom is 0.250 e. The molecule has 2 aliphatic heterocycles. The minimum Gasteiger partial charge on any atom is -0.454 e. The van der Waals surface area contributed by atoms with Crippen LogP contribution in [0, 0.1) is 0 Å². The Morgan fingerprint density at radius 1 is 1.22 bits per heavy atom. The molecule has 94 valence electrons. The molecule has 0 aliphatic carbocycles. The highest BCUT2D eigenvalue weighted by Gasteiger charge is 2.33. The number of rotatable bonds is 1. The smallest absolute Gasteiger partial charge is 0.250 e. The first kappa shape index (κ1) is 11.0. The largest absolute Gasteiger partial charge is 0.454 e. The van der Waals surface area contributed by atoms with Crippen molar-refractivity contribution in [2.75, 3.05) is 11.7 Å². The van der Waals surface area contributed by atoms with E-state index in [9.17, 15) is 9.59 Å². The van der Waals surface area contributed by atoms with Gasteiger partial charge in [-0.05, 0) is 18.6 Å². The molecule has 6 nitrogen and oxygen atoms in total. The van der Waals surface area contributed by atoms with Crippen LogP contribution in [0.1, 0.15) is 12.8 Å². The van der Waals surface area contributed by atoms with Gasteiger partial charge in [0.25, 0.3) is 5.91 Å². The normalized spacial score (nSPS) is 22.5. The number of hydrogen-bond donors (Lipinski definition) is 1. The summed E-state index contributed by atoms with van der Waals surface area (Å²) < 4.78 is 10.4. The van der Waals surface area contributed by atoms with E-state index in [2.05, 4.69) is 0 Å². The first-order valence-corrected chi connectivity index (χ1v) is 5.69. The van der Waals surface area contributed by atoms with Crippen molar-refractivity contribution in [3.63, 3.8) is 0 Å². The van der Waals surface area contributed by atoms with Crippen LogP contribution in [0.15, 0.2) is 18.2 Å². The molecule has 2 amide bonds. The van der Waals surface area contributed by atoms with Crippen molar-refractivity contribution in [2.45, 2.75) is 18.9 Å². The molecule has 1 saturated heterocycles. The molecule has 18 heavy (non-hydrogen) atoms. The number of carbonyl (C=O) groups excluding carboxylic acids is 2. The van der Waals surface area contributed by atoms with Gasteiger partial charge in [-0.3, -0.25) is 9.59 Å². The number of nitrogens with zero attached hydrogens (tertiary/aromatic N) is 1. The van der Waals surface area contributed by atoms with Crippen LogP contribution >= 0.6 is 0 Å². The Morgan fingerprint density at radius 3 is 2.83 bits per heavy atom. The van der Waals surface area contributed by atoms with Crippen molar-refractivity contribution in [1.82, 2.24) is 0 Å². The number of nitrogens with two attached hydrogens (primary N) is 1. The molecule has 0 radical (unpaired) electrons. The molecule has 1 fully saturated rings. The Hall–Kier alpha value is -2.08. The molecule has 0 unspecified atom stereocenters. The predicted octanol–water partition coefficient (Wildman–Crippen LogP) is 0.396. The summed E-state index contributed by atoms with van der Waals surface area (Å²) in [6, 6.07) is 4.34. The van der Waals surface area contributed by atoms with Crippen LogP contribution in [0.25, 0.3) is 0 Å². The summed E-state index contributed by atoms with van der Waals surface area (Å²) in [6.07, 6.45) is 0.681. The summed E-state index contributed by atoms with van der Waals surface area (Å²) in [5, 5.41) is 0. The molecule has 1 atom stereocenters. The number of piperidine rings is 1.